The second-order valence-electron chi connectivity index (χ2n) is 15.8. The molecule has 20 heteroatoms. The molecule has 0 radical (unpaired) electrons. The van der Waals surface area contributed by atoms with E-state index in [2.05, 4.69) is 10.6 Å². The number of benzene rings is 2. The van der Waals surface area contributed by atoms with Gasteiger partial charge in [-0.2, -0.15) is 4.31 Å². The number of para-hydroxylation sites is 1. The van der Waals surface area contributed by atoms with Gasteiger partial charge in [-0.15, -0.1) is 0 Å². The molecular formula is C39H47FN6O12S. The van der Waals surface area contributed by atoms with Crippen molar-refractivity contribution in [3.8, 4) is 0 Å². The van der Waals surface area contributed by atoms with Gasteiger partial charge < -0.3 is 29.7 Å². The molecule has 18 nitrogen and oxygen atoms in total. The Morgan fingerprint density at radius 1 is 1.08 bits per heavy atom. The second kappa shape index (κ2) is 16.9. The van der Waals surface area contributed by atoms with E-state index in [0.717, 1.165) is 21.3 Å². The van der Waals surface area contributed by atoms with Crippen molar-refractivity contribution < 1.29 is 55.9 Å². The highest BCUT2D eigenvalue weighted by atomic mass is 32.2. The maximum atomic E-state index is 14.7. The molecule has 1 saturated carbocycles. The van der Waals surface area contributed by atoms with E-state index in [9.17, 15) is 46.9 Å². The van der Waals surface area contributed by atoms with Gasteiger partial charge in [0, 0.05) is 43.6 Å². The summed E-state index contributed by atoms with van der Waals surface area (Å²) in [6, 6.07) is 6.43. The van der Waals surface area contributed by atoms with Crippen LogP contribution in [0.25, 0.3) is 0 Å². The Morgan fingerprint density at radius 3 is 2.53 bits per heavy atom. The Bertz CT molecular complexity index is 2160. The van der Waals surface area contributed by atoms with Gasteiger partial charge >= 0.3 is 18.2 Å². The van der Waals surface area contributed by atoms with Crippen molar-refractivity contribution in [1.82, 2.24) is 24.7 Å². The molecule has 1 aliphatic carbocycles. The smallest absolute Gasteiger partial charge is 0.410 e. The number of halogens is 1. The molecule has 5 atom stereocenters. The number of nitrogens with one attached hydrogen (secondary N) is 2. The predicted molar refractivity (Wildman–Crippen MR) is 205 cm³/mol. The summed E-state index contributed by atoms with van der Waals surface area (Å²) in [5.74, 6) is -3.40. The molecule has 4 aliphatic rings. The highest BCUT2D eigenvalue weighted by molar-refractivity contribution is 7.89. The summed E-state index contributed by atoms with van der Waals surface area (Å²) in [7, 11) is -4.60. The van der Waals surface area contributed by atoms with Crippen molar-refractivity contribution in [2.75, 3.05) is 26.2 Å². The molecule has 2 aromatic carbocycles. The lowest BCUT2D eigenvalue weighted by molar-refractivity contribution is -0.387. The number of esters is 1. The van der Waals surface area contributed by atoms with Gasteiger partial charge in [-0.05, 0) is 64.7 Å². The first kappa shape index (κ1) is 43.0. The molecule has 0 bridgehead atoms. The van der Waals surface area contributed by atoms with E-state index < -0.39 is 103 Å². The third-order valence-electron chi connectivity index (χ3n) is 10.6. The number of nitro groups is 1. The molecule has 4 amide bonds. The first-order valence-electron chi connectivity index (χ1n) is 19.3. The van der Waals surface area contributed by atoms with Crippen LogP contribution in [-0.4, -0.2) is 113 Å². The van der Waals surface area contributed by atoms with Crippen molar-refractivity contribution in [2.24, 2.45) is 5.92 Å². The molecule has 0 aromatic heterocycles. The Kier molecular flexibility index (Phi) is 12.3. The SMILES string of the molecule is CCOC(=O)[C@@]12C[C@@H]1/C=C\CCN(S(=O)(=O)c1ccccc1[N+](=O)[O-])CC[C@H](NC(=O)OC(C)(C)C)C(=O)N1C[C@H](OC(=O)N3Cc4cccc(F)c4C3)C[C@H]1C(=O)N2. The summed E-state index contributed by atoms with van der Waals surface area (Å²) in [4.78, 5) is 81.9. The van der Waals surface area contributed by atoms with Crippen molar-refractivity contribution in [3.63, 3.8) is 0 Å². The van der Waals surface area contributed by atoms with Gasteiger partial charge in [-0.3, -0.25) is 24.6 Å². The van der Waals surface area contributed by atoms with Crippen molar-refractivity contribution in [2.45, 2.75) is 101 Å². The maximum Gasteiger partial charge on any atom is 0.410 e. The topological polar surface area (TPSA) is 224 Å². The lowest BCUT2D eigenvalue weighted by Crippen LogP contribution is -2.57. The highest BCUT2D eigenvalue weighted by Crippen LogP contribution is 2.46. The van der Waals surface area contributed by atoms with Gasteiger partial charge in [0.1, 0.15) is 35.1 Å². The van der Waals surface area contributed by atoms with Gasteiger partial charge in [0.25, 0.3) is 5.69 Å². The van der Waals surface area contributed by atoms with E-state index in [-0.39, 0.29) is 58.5 Å². The number of ether oxygens (including phenoxy) is 3. The maximum absolute atomic E-state index is 14.7. The van der Waals surface area contributed by atoms with Crippen LogP contribution in [0.1, 0.15) is 64.5 Å². The van der Waals surface area contributed by atoms with E-state index in [0.29, 0.717) is 11.1 Å². The first-order valence-corrected chi connectivity index (χ1v) is 20.7. The molecule has 318 valence electrons. The fraction of sp³-hybridized carbons (Fsp3) is 0.513. The fourth-order valence-electron chi connectivity index (χ4n) is 7.59. The number of carbonyl (C=O) groups excluding carboxylic acids is 5. The molecule has 1 saturated heterocycles. The van der Waals surface area contributed by atoms with Crippen LogP contribution in [0, 0.1) is 21.8 Å². The predicted octanol–water partition coefficient (Wildman–Crippen LogP) is 3.53. The van der Waals surface area contributed by atoms with Crippen molar-refractivity contribution in [3.05, 3.63) is 81.7 Å². The number of amides is 4. The molecule has 3 heterocycles. The number of carbonyl (C=O) groups is 5. The third kappa shape index (κ3) is 9.32. The van der Waals surface area contributed by atoms with E-state index in [1.54, 1.807) is 45.9 Å². The van der Waals surface area contributed by atoms with E-state index in [1.807, 2.05) is 0 Å². The normalized spacial score (nSPS) is 25.6. The Balaban J connectivity index is 1.35. The number of nitro benzene ring substituents is 1. The average molecular weight is 843 g/mol. The van der Waals surface area contributed by atoms with Gasteiger partial charge in [-0.1, -0.05) is 36.4 Å². The van der Waals surface area contributed by atoms with Gasteiger partial charge in [0.2, 0.25) is 21.8 Å². The Morgan fingerprint density at radius 2 is 1.83 bits per heavy atom. The second-order valence-corrected chi connectivity index (χ2v) is 17.7. The number of hydrogen-bond acceptors (Lipinski definition) is 12. The summed E-state index contributed by atoms with van der Waals surface area (Å²) in [5.41, 5.74) is -2.27. The van der Waals surface area contributed by atoms with Gasteiger partial charge in [0.05, 0.1) is 24.6 Å². The van der Waals surface area contributed by atoms with Crippen molar-refractivity contribution in [1.29, 1.82) is 0 Å². The first-order chi connectivity index (χ1) is 27.8. The standard InChI is InChI=1S/C39H47FN6O12S/c1-5-56-35(49)39-20-25(39)12-8-9-17-44(59(54,55)32-15-7-6-14-30(32)46(52)53)18-16-29(41-36(50)58-38(2,3)4)34(48)45-22-26(19-31(45)33(47)42-39)57-37(51)43-21-24-11-10-13-28(40)27(24)23-43/h6-8,10-15,25-26,29,31H,5,9,16-23H2,1-4H3,(H,41,50)(H,42,47)/b12-8-/t25-,26+,29-,31-,39+/m0/s1. The lowest BCUT2D eigenvalue weighted by atomic mass is 10.1. The largest absolute Gasteiger partial charge is 0.464 e. The van der Waals surface area contributed by atoms with Crippen LogP contribution < -0.4 is 10.6 Å². The number of hydrogen-bond donors (Lipinski definition) is 2. The minimum absolute atomic E-state index is 0.000319. The van der Waals surface area contributed by atoms with Crippen LogP contribution in [-0.2, 0) is 51.7 Å². The summed E-state index contributed by atoms with van der Waals surface area (Å²) < 4.78 is 60.4. The van der Waals surface area contributed by atoms with Crippen LogP contribution in [0.5, 0.6) is 0 Å². The summed E-state index contributed by atoms with van der Waals surface area (Å²) in [5, 5.41) is 17.2. The van der Waals surface area contributed by atoms with E-state index in [4.69, 9.17) is 14.2 Å². The zero-order chi connectivity index (χ0) is 42.9. The van der Waals surface area contributed by atoms with Gasteiger partial charge in [-0.25, -0.2) is 27.2 Å². The van der Waals surface area contributed by atoms with E-state index in [1.165, 1.54) is 29.2 Å². The Hall–Kier alpha value is -5.63. The molecule has 2 N–H and O–H groups in total. The number of alkyl carbamates (subject to hydrolysis) is 1. The summed E-state index contributed by atoms with van der Waals surface area (Å²) >= 11 is 0. The number of sulfonamides is 1. The highest BCUT2D eigenvalue weighted by Gasteiger charge is 2.62. The minimum atomic E-state index is -4.60. The van der Waals surface area contributed by atoms with E-state index >= 15 is 0 Å². The Labute approximate surface area is 340 Å². The summed E-state index contributed by atoms with van der Waals surface area (Å²) in [6.45, 7) is 5.38. The minimum Gasteiger partial charge on any atom is -0.464 e. The molecule has 0 unspecified atom stereocenters. The van der Waals surface area contributed by atoms with Crippen LogP contribution in [0.2, 0.25) is 0 Å². The van der Waals surface area contributed by atoms with Crippen LogP contribution >= 0.6 is 0 Å². The van der Waals surface area contributed by atoms with Crippen molar-refractivity contribution >= 4 is 45.7 Å². The zero-order valence-electron chi connectivity index (χ0n) is 33.1. The average Bonchev–Trinajstić information content (AvgIpc) is 3.45. The van der Waals surface area contributed by atoms with Crippen LogP contribution in [0.15, 0.2) is 59.5 Å². The fourth-order valence-corrected chi connectivity index (χ4v) is 9.22. The van der Waals surface area contributed by atoms with Gasteiger partial charge in [0.15, 0.2) is 4.90 Å². The lowest BCUT2D eigenvalue weighted by Gasteiger charge is -2.31. The molecule has 2 fully saturated rings. The number of nitrogens with zero attached hydrogens (tertiary/aromatic N) is 4. The molecule has 59 heavy (non-hydrogen) atoms. The van der Waals surface area contributed by atoms with Crippen LogP contribution in [0.4, 0.5) is 19.7 Å². The quantitative estimate of drug-likeness (QED) is 0.134. The summed E-state index contributed by atoms with van der Waals surface area (Å²) in [6.07, 6.45) is -0.0797. The third-order valence-corrected chi connectivity index (χ3v) is 12.5. The molecule has 2 aromatic rings. The zero-order valence-corrected chi connectivity index (χ0v) is 33.9. The molecule has 6 rings (SSSR count). The number of fused-ring (bicyclic) bond motifs is 3. The molecular weight excluding hydrogens is 796 g/mol. The number of rotatable bonds is 7. The molecule has 3 aliphatic heterocycles. The van der Waals surface area contributed by atoms with Crippen LogP contribution in [0.3, 0.4) is 0 Å². The molecule has 0 spiro atoms. The monoisotopic (exact) mass is 842 g/mol.